The molecule has 2 aromatic rings. The molecule has 18 heavy (non-hydrogen) atoms. The minimum Gasteiger partial charge on any atom is -0.453 e. The smallest absolute Gasteiger partial charge is 0.210 e. The first kappa shape index (κ1) is 13.0. The Labute approximate surface area is 109 Å². The molecule has 0 aliphatic carbocycles. The Kier molecular flexibility index (Phi) is 3.97. The van der Waals surface area contributed by atoms with E-state index < -0.39 is 10.8 Å². The first-order valence-electron chi connectivity index (χ1n) is 6.00. The Morgan fingerprint density at radius 1 is 1.39 bits per heavy atom. The number of carbonyl (C=O) groups is 1. The highest BCUT2D eigenvalue weighted by molar-refractivity contribution is 7.86. The summed E-state index contributed by atoms with van der Waals surface area (Å²) >= 11 is 0. The molecule has 2 unspecified atom stereocenters. The molecule has 0 saturated heterocycles. The molecule has 0 N–H and O–H groups in total. The molecule has 0 bridgehead atoms. The lowest BCUT2D eigenvalue weighted by Crippen LogP contribution is -2.18. The number of ketones is 1. The molecule has 2 atom stereocenters. The normalized spacial score (nSPS) is 14.6. The van der Waals surface area contributed by atoms with Gasteiger partial charge in [0, 0.05) is 21.4 Å². The van der Waals surface area contributed by atoms with Crippen LogP contribution < -0.4 is 0 Å². The largest absolute Gasteiger partial charge is 0.453 e. The van der Waals surface area contributed by atoms with Crippen LogP contribution in [0.15, 0.2) is 34.7 Å². The lowest BCUT2D eigenvalue weighted by Gasteiger charge is -2.06. The van der Waals surface area contributed by atoms with E-state index in [0.29, 0.717) is 11.3 Å². The minimum absolute atomic E-state index is 0.0365. The SMILES string of the molecule is CCC(C)S(=O)CC(=O)c1cc2ccccc2o1. The van der Waals surface area contributed by atoms with Gasteiger partial charge in [0.05, 0.1) is 5.75 Å². The second kappa shape index (κ2) is 5.48. The number of furan rings is 1. The summed E-state index contributed by atoms with van der Waals surface area (Å²) in [7, 11) is -1.13. The van der Waals surface area contributed by atoms with Gasteiger partial charge in [0.25, 0.3) is 0 Å². The van der Waals surface area contributed by atoms with Crippen molar-refractivity contribution in [3.63, 3.8) is 0 Å². The third-order valence-corrected chi connectivity index (χ3v) is 4.78. The molecule has 0 radical (unpaired) electrons. The zero-order valence-corrected chi connectivity index (χ0v) is 11.3. The Morgan fingerprint density at radius 2 is 2.11 bits per heavy atom. The fourth-order valence-electron chi connectivity index (χ4n) is 1.65. The lowest BCUT2D eigenvalue weighted by atomic mass is 10.2. The Hall–Kier alpha value is -1.42. The molecule has 1 aromatic carbocycles. The Morgan fingerprint density at radius 3 is 2.78 bits per heavy atom. The first-order chi connectivity index (χ1) is 8.61. The fourth-order valence-corrected chi connectivity index (χ4v) is 2.70. The number of rotatable bonds is 5. The molecule has 4 heteroatoms. The van der Waals surface area contributed by atoms with Crippen molar-refractivity contribution in [2.75, 3.05) is 5.75 Å². The van der Waals surface area contributed by atoms with Gasteiger partial charge in [-0.15, -0.1) is 0 Å². The van der Waals surface area contributed by atoms with Gasteiger partial charge in [0.15, 0.2) is 5.76 Å². The van der Waals surface area contributed by atoms with Crippen molar-refractivity contribution in [3.05, 3.63) is 36.1 Å². The van der Waals surface area contributed by atoms with Gasteiger partial charge in [0.1, 0.15) is 5.58 Å². The van der Waals surface area contributed by atoms with Gasteiger partial charge in [-0.2, -0.15) is 0 Å². The quantitative estimate of drug-likeness (QED) is 0.779. The number of Topliss-reactive ketones (excluding diaryl/α,β-unsaturated/α-hetero) is 1. The van der Waals surface area contributed by atoms with Crippen molar-refractivity contribution in [1.82, 2.24) is 0 Å². The summed E-state index contributed by atoms with van der Waals surface area (Å²) in [5.74, 6) is 0.146. The summed E-state index contributed by atoms with van der Waals surface area (Å²) in [6.45, 7) is 3.86. The maximum atomic E-state index is 12.0. The molecular weight excluding hydrogens is 248 g/mol. The van der Waals surface area contributed by atoms with E-state index >= 15 is 0 Å². The van der Waals surface area contributed by atoms with Crippen molar-refractivity contribution >= 4 is 27.6 Å². The molecule has 0 fully saturated rings. The molecule has 2 rings (SSSR count). The van der Waals surface area contributed by atoms with E-state index in [1.807, 2.05) is 38.1 Å². The van der Waals surface area contributed by atoms with Crippen LogP contribution >= 0.6 is 0 Å². The van der Waals surface area contributed by atoms with Gasteiger partial charge in [-0.3, -0.25) is 9.00 Å². The summed E-state index contributed by atoms with van der Waals surface area (Å²) in [4.78, 5) is 12.0. The number of hydrogen-bond acceptors (Lipinski definition) is 3. The lowest BCUT2D eigenvalue weighted by molar-refractivity contribution is 0.0993. The number of benzene rings is 1. The minimum atomic E-state index is -1.13. The van der Waals surface area contributed by atoms with Crippen LogP contribution in [0.2, 0.25) is 0 Å². The van der Waals surface area contributed by atoms with E-state index in [1.165, 1.54) is 0 Å². The second-order valence-electron chi connectivity index (χ2n) is 4.32. The van der Waals surface area contributed by atoms with Crippen molar-refractivity contribution in [1.29, 1.82) is 0 Å². The van der Waals surface area contributed by atoms with Crippen LogP contribution in [-0.4, -0.2) is 21.0 Å². The average molecular weight is 264 g/mol. The van der Waals surface area contributed by atoms with Crippen LogP contribution in [0.4, 0.5) is 0 Å². The molecule has 0 spiro atoms. The number of carbonyl (C=O) groups excluding carboxylic acids is 1. The molecule has 0 aliphatic heterocycles. The summed E-state index contributed by atoms with van der Waals surface area (Å²) in [5, 5.41) is 0.938. The molecule has 1 heterocycles. The average Bonchev–Trinajstić information content (AvgIpc) is 2.81. The van der Waals surface area contributed by atoms with Crippen LogP contribution in [0.3, 0.4) is 0 Å². The van der Waals surface area contributed by atoms with Crippen LogP contribution in [0.25, 0.3) is 11.0 Å². The van der Waals surface area contributed by atoms with Crippen molar-refractivity contribution in [2.24, 2.45) is 0 Å². The number of para-hydroxylation sites is 1. The predicted molar refractivity (Wildman–Crippen MR) is 73.3 cm³/mol. The van der Waals surface area contributed by atoms with Crippen LogP contribution in [0.5, 0.6) is 0 Å². The standard InChI is InChI=1S/C14H16O3S/c1-3-10(2)18(16)9-12(15)14-8-11-6-4-5-7-13(11)17-14/h4-8,10H,3,9H2,1-2H3. The predicted octanol–water partition coefficient (Wildman–Crippen LogP) is 3.16. The van der Waals surface area contributed by atoms with Crippen molar-refractivity contribution < 1.29 is 13.4 Å². The molecule has 3 nitrogen and oxygen atoms in total. The fraction of sp³-hybridized carbons (Fsp3) is 0.357. The number of fused-ring (bicyclic) bond motifs is 1. The summed E-state index contributed by atoms with van der Waals surface area (Å²) < 4.78 is 17.3. The van der Waals surface area contributed by atoms with Gasteiger partial charge in [0.2, 0.25) is 5.78 Å². The van der Waals surface area contributed by atoms with Crippen LogP contribution in [0.1, 0.15) is 30.8 Å². The monoisotopic (exact) mass is 264 g/mol. The zero-order chi connectivity index (χ0) is 13.1. The Bertz CT molecular complexity index is 552. The highest BCUT2D eigenvalue weighted by Crippen LogP contribution is 2.19. The van der Waals surface area contributed by atoms with E-state index in [0.717, 1.165) is 11.8 Å². The van der Waals surface area contributed by atoms with Crippen molar-refractivity contribution in [3.8, 4) is 0 Å². The summed E-state index contributed by atoms with van der Waals surface area (Å²) in [6, 6.07) is 9.17. The van der Waals surface area contributed by atoms with Gasteiger partial charge in [-0.25, -0.2) is 0 Å². The summed E-state index contributed by atoms with van der Waals surface area (Å²) in [6.07, 6.45) is 0.806. The maximum absolute atomic E-state index is 12.0. The Balaban J connectivity index is 2.16. The van der Waals surface area contributed by atoms with E-state index in [2.05, 4.69) is 0 Å². The van der Waals surface area contributed by atoms with Crippen LogP contribution in [0, 0.1) is 0 Å². The molecule has 0 saturated carbocycles. The highest BCUT2D eigenvalue weighted by atomic mass is 32.2. The third-order valence-electron chi connectivity index (χ3n) is 3.00. The van der Waals surface area contributed by atoms with E-state index in [4.69, 9.17) is 4.42 Å². The first-order valence-corrected chi connectivity index (χ1v) is 7.39. The van der Waals surface area contributed by atoms with E-state index in [9.17, 15) is 9.00 Å². The van der Waals surface area contributed by atoms with Gasteiger partial charge in [-0.05, 0) is 18.6 Å². The maximum Gasteiger partial charge on any atom is 0.210 e. The molecular formula is C14H16O3S. The summed E-state index contributed by atoms with van der Waals surface area (Å²) in [5.41, 5.74) is 0.690. The van der Waals surface area contributed by atoms with E-state index in [-0.39, 0.29) is 16.8 Å². The molecule has 1 aromatic heterocycles. The van der Waals surface area contributed by atoms with Gasteiger partial charge in [-0.1, -0.05) is 32.0 Å². The number of hydrogen-bond donors (Lipinski definition) is 0. The van der Waals surface area contributed by atoms with Crippen LogP contribution in [-0.2, 0) is 10.8 Å². The topological polar surface area (TPSA) is 47.3 Å². The van der Waals surface area contributed by atoms with Crippen molar-refractivity contribution in [2.45, 2.75) is 25.5 Å². The van der Waals surface area contributed by atoms with Gasteiger partial charge >= 0.3 is 0 Å². The zero-order valence-electron chi connectivity index (χ0n) is 10.5. The van der Waals surface area contributed by atoms with E-state index in [1.54, 1.807) is 6.07 Å². The molecule has 0 aliphatic rings. The highest BCUT2D eigenvalue weighted by Gasteiger charge is 2.18. The molecule has 0 amide bonds. The second-order valence-corrected chi connectivity index (χ2v) is 6.17. The molecule has 96 valence electrons. The third kappa shape index (κ3) is 2.70. The van der Waals surface area contributed by atoms with Gasteiger partial charge < -0.3 is 4.42 Å².